The molecule has 0 amide bonds. The number of aryl methyl sites for hydroxylation is 1. The van der Waals surface area contributed by atoms with Crippen LogP contribution in [0, 0.1) is 18.6 Å². The van der Waals surface area contributed by atoms with Crippen LogP contribution in [-0.4, -0.2) is 7.11 Å². The van der Waals surface area contributed by atoms with Crippen molar-refractivity contribution >= 4 is 27.5 Å². The largest absolute Gasteiger partial charge is 0.497 e. The molecule has 0 aliphatic carbocycles. The summed E-state index contributed by atoms with van der Waals surface area (Å²) in [5.41, 5.74) is 1.35. The molecule has 0 aliphatic heterocycles. The van der Waals surface area contributed by atoms with Gasteiger partial charge in [0.1, 0.15) is 17.4 Å². The van der Waals surface area contributed by atoms with Gasteiger partial charge in [-0.05, 0) is 30.2 Å². The van der Waals surface area contributed by atoms with E-state index in [1.165, 1.54) is 7.11 Å². The van der Waals surface area contributed by atoms with Crippen molar-refractivity contribution in [2.45, 2.75) is 12.3 Å². The minimum atomic E-state index is -0.894. The first-order chi connectivity index (χ1) is 9.43. The molecule has 1 unspecified atom stereocenters. The van der Waals surface area contributed by atoms with E-state index in [1.807, 2.05) is 13.0 Å². The average molecular weight is 362 g/mol. The van der Waals surface area contributed by atoms with E-state index in [4.69, 9.17) is 16.3 Å². The summed E-state index contributed by atoms with van der Waals surface area (Å²) in [5, 5.41) is -0.894. The Kier molecular flexibility index (Phi) is 4.66. The highest BCUT2D eigenvalue weighted by atomic mass is 79.9. The van der Waals surface area contributed by atoms with Gasteiger partial charge in [0, 0.05) is 22.2 Å². The van der Waals surface area contributed by atoms with E-state index in [2.05, 4.69) is 15.9 Å². The zero-order chi connectivity index (χ0) is 14.9. The van der Waals surface area contributed by atoms with Crippen LogP contribution in [0.2, 0.25) is 0 Å². The molecule has 2 aromatic carbocycles. The molecule has 2 aromatic rings. The number of methoxy groups -OCH3 is 1. The van der Waals surface area contributed by atoms with E-state index in [0.29, 0.717) is 5.56 Å². The molecule has 20 heavy (non-hydrogen) atoms. The molecule has 0 saturated carbocycles. The first kappa shape index (κ1) is 15.3. The number of ether oxygens (including phenoxy) is 1. The van der Waals surface area contributed by atoms with Gasteiger partial charge >= 0.3 is 0 Å². The monoisotopic (exact) mass is 360 g/mol. The molecule has 0 bridgehead atoms. The Hall–Kier alpha value is -1.13. The Morgan fingerprint density at radius 1 is 1.15 bits per heavy atom. The minimum Gasteiger partial charge on any atom is -0.497 e. The molecule has 106 valence electrons. The van der Waals surface area contributed by atoms with Crippen molar-refractivity contribution in [3.8, 4) is 5.75 Å². The van der Waals surface area contributed by atoms with Crippen LogP contribution >= 0.6 is 27.5 Å². The van der Waals surface area contributed by atoms with Crippen molar-refractivity contribution in [3.63, 3.8) is 0 Å². The van der Waals surface area contributed by atoms with Gasteiger partial charge in [-0.15, -0.1) is 11.6 Å². The van der Waals surface area contributed by atoms with Gasteiger partial charge in [0.25, 0.3) is 0 Å². The molecule has 1 nitrogen and oxygen atoms in total. The van der Waals surface area contributed by atoms with Crippen molar-refractivity contribution in [3.05, 3.63) is 63.1 Å². The van der Waals surface area contributed by atoms with Gasteiger partial charge in [0.05, 0.1) is 12.5 Å². The quantitative estimate of drug-likeness (QED) is 0.668. The Bertz CT molecular complexity index is 623. The lowest BCUT2D eigenvalue weighted by atomic mass is 9.99. The summed E-state index contributed by atoms with van der Waals surface area (Å²) in [6.45, 7) is 1.84. The number of rotatable bonds is 3. The van der Waals surface area contributed by atoms with Crippen LogP contribution in [-0.2, 0) is 0 Å². The molecule has 0 N–H and O–H groups in total. The fourth-order valence-corrected chi connectivity index (χ4v) is 2.93. The lowest BCUT2D eigenvalue weighted by molar-refractivity contribution is 0.405. The van der Waals surface area contributed by atoms with E-state index < -0.39 is 17.0 Å². The van der Waals surface area contributed by atoms with E-state index in [-0.39, 0.29) is 11.3 Å². The standard InChI is InChI=1S/C15H12BrClF2O/c1-8-5-9(16)3-4-11(8)15(17)14-12(18)6-10(20-2)7-13(14)19/h3-7,15H,1-2H3. The van der Waals surface area contributed by atoms with Gasteiger partial charge in [0.2, 0.25) is 0 Å². The van der Waals surface area contributed by atoms with Crippen LogP contribution in [0.25, 0.3) is 0 Å². The van der Waals surface area contributed by atoms with Crippen molar-refractivity contribution in [2.75, 3.05) is 7.11 Å². The van der Waals surface area contributed by atoms with E-state index in [9.17, 15) is 8.78 Å². The van der Waals surface area contributed by atoms with Crippen LogP contribution in [0.5, 0.6) is 5.75 Å². The Morgan fingerprint density at radius 2 is 1.75 bits per heavy atom. The number of hydrogen-bond acceptors (Lipinski definition) is 1. The fraction of sp³-hybridized carbons (Fsp3) is 0.200. The maximum absolute atomic E-state index is 14.0. The summed E-state index contributed by atoms with van der Waals surface area (Å²) in [7, 11) is 1.35. The third-order valence-electron chi connectivity index (χ3n) is 3.05. The lowest BCUT2D eigenvalue weighted by Gasteiger charge is -2.16. The SMILES string of the molecule is COc1cc(F)c(C(Cl)c2ccc(Br)cc2C)c(F)c1. The van der Waals surface area contributed by atoms with Crippen LogP contribution < -0.4 is 4.74 Å². The third kappa shape index (κ3) is 2.96. The highest BCUT2D eigenvalue weighted by Gasteiger charge is 2.22. The van der Waals surface area contributed by atoms with Gasteiger partial charge < -0.3 is 4.74 Å². The lowest BCUT2D eigenvalue weighted by Crippen LogP contribution is -2.03. The molecule has 2 rings (SSSR count). The van der Waals surface area contributed by atoms with Crippen molar-refractivity contribution in [2.24, 2.45) is 0 Å². The van der Waals surface area contributed by atoms with Crippen LogP contribution in [0.3, 0.4) is 0 Å². The summed E-state index contributed by atoms with van der Waals surface area (Å²) >= 11 is 9.60. The predicted molar refractivity (Wildman–Crippen MR) is 79.5 cm³/mol. The minimum absolute atomic E-state index is 0.125. The first-order valence-electron chi connectivity index (χ1n) is 5.87. The second kappa shape index (κ2) is 6.10. The normalized spacial score (nSPS) is 12.3. The molecule has 0 fully saturated rings. The molecule has 0 radical (unpaired) electrons. The Morgan fingerprint density at radius 3 is 2.25 bits per heavy atom. The highest BCUT2D eigenvalue weighted by Crippen LogP contribution is 2.36. The molecule has 0 aliphatic rings. The summed E-state index contributed by atoms with van der Waals surface area (Å²) in [5.74, 6) is -1.31. The van der Waals surface area contributed by atoms with Gasteiger partial charge in [-0.1, -0.05) is 22.0 Å². The van der Waals surface area contributed by atoms with Gasteiger partial charge in [-0.25, -0.2) is 8.78 Å². The van der Waals surface area contributed by atoms with Crippen LogP contribution in [0.15, 0.2) is 34.8 Å². The smallest absolute Gasteiger partial charge is 0.134 e. The van der Waals surface area contributed by atoms with E-state index >= 15 is 0 Å². The van der Waals surface area contributed by atoms with Gasteiger partial charge in [0.15, 0.2) is 0 Å². The topological polar surface area (TPSA) is 9.23 Å². The Labute approximate surface area is 129 Å². The Balaban J connectivity index is 2.50. The first-order valence-corrected chi connectivity index (χ1v) is 7.10. The van der Waals surface area contributed by atoms with Crippen LogP contribution in [0.1, 0.15) is 22.1 Å². The molecule has 5 heteroatoms. The van der Waals surface area contributed by atoms with Gasteiger partial charge in [-0.3, -0.25) is 0 Å². The average Bonchev–Trinajstić information content (AvgIpc) is 2.37. The molecule has 0 heterocycles. The summed E-state index contributed by atoms with van der Waals surface area (Å²) in [6.07, 6.45) is 0. The highest BCUT2D eigenvalue weighted by molar-refractivity contribution is 9.10. The van der Waals surface area contributed by atoms with E-state index in [0.717, 1.165) is 22.2 Å². The number of halogens is 4. The van der Waals surface area contributed by atoms with Crippen molar-refractivity contribution < 1.29 is 13.5 Å². The fourth-order valence-electron chi connectivity index (χ4n) is 2.00. The maximum atomic E-state index is 14.0. The molecule has 0 spiro atoms. The maximum Gasteiger partial charge on any atom is 0.134 e. The third-order valence-corrected chi connectivity index (χ3v) is 3.99. The predicted octanol–water partition coefficient (Wildman–Crippen LogP) is 5.37. The van der Waals surface area contributed by atoms with Crippen molar-refractivity contribution in [1.82, 2.24) is 0 Å². The number of hydrogen-bond donors (Lipinski definition) is 0. The molecule has 1 atom stereocenters. The number of benzene rings is 2. The molecular formula is C15H12BrClF2O. The molecule has 0 saturated heterocycles. The zero-order valence-corrected chi connectivity index (χ0v) is 13.2. The second-order valence-electron chi connectivity index (χ2n) is 4.37. The summed E-state index contributed by atoms with van der Waals surface area (Å²) < 4.78 is 33.8. The summed E-state index contributed by atoms with van der Waals surface area (Å²) in [6, 6.07) is 7.64. The zero-order valence-electron chi connectivity index (χ0n) is 10.9. The van der Waals surface area contributed by atoms with Crippen LogP contribution in [0.4, 0.5) is 8.78 Å². The molecular weight excluding hydrogens is 350 g/mol. The number of alkyl halides is 1. The molecule has 0 aromatic heterocycles. The second-order valence-corrected chi connectivity index (χ2v) is 5.72. The van der Waals surface area contributed by atoms with Gasteiger partial charge in [-0.2, -0.15) is 0 Å². The van der Waals surface area contributed by atoms with Crippen molar-refractivity contribution in [1.29, 1.82) is 0 Å². The van der Waals surface area contributed by atoms with E-state index in [1.54, 1.807) is 12.1 Å². The summed E-state index contributed by atoms with van der Waals surface area (Å²) in [4.78, 5) is 0.